The van der Waals surface area contributed by atoms with Crippen LogP contribution in [0.3, 0.4) is 0 Å². The van der Waals surface area contributed by atoms with Crippen molar-refractivity contribution < 1.29 is 4.42 Å². The molecule has 6 aromatic rings. The van der Waals surface area contributed by atoms with E-state index in [1.165, 1.54) is 0 Å². The standard InChI is InChI=1S/C31H25N3O/c1-31(2,3)30-33-28(22-15-8-7-14-21(22)20-12-5-4-6-13-20)32-29(34-30)24-17-11-19-26-27(24)23-16-9-10-18-25(23)35-26/h4-19H,1-3H3. The highest BCUT2D eigenvalue weighted by molar-refractivity contribution is 6.11. The summed E-state index contributed by atoms with van der Waals surface area (Å²) in [4.78, 5) is 15.0. The van der Waals surface area contributed by atoms with Crippen molar-refractivity contribution in [1.82, 2.24) is 15.0 Å². The Balaban J connectivity index is 1.64. The molecular formula is C31H25N3O. The molecule has 0 saturated heterocycles. The Labute approximate surface area is 204 Å². The lowest BCUT2D eigenvalue weighted by Crippen LogP contribution is -2.18. The van der Waals surface area contributed by atoms with Crippen LogP contribution in [-0.4, -0.2) is 15.0 Å². The molecule has 0 saturated carbocycles. The van der Waals surface area contributed by atoms with Gasteiger partial charge >= 0.3 is 0 Å². The Bertz CT molecular complexity index is 1680. The molecule has 4 heteroatoms. The molecule has 2 aromatic heterocycles. The first kappa shape index (κ1) is 21.2. The third-order valence-corrected chi connectivity index (χ3v) is 6.20. The number of aromatic nitrogens is 3. The van der Waals surface area contributed by atoms with Crippen LogP contribution in [0.15, 0.2) is 101 Å². The van der Waals surface area contributed by atoms with Gasteiger partial charge in [-0.1, -0.05) is 106 Å². The minimum Gasteiger partial charge on any atom is -0.456 e. The van der Waals surface area contributed by atoms with Crippen molar-refractivity contribution in [2.24, 2.45) is 0 Å². The van der Waals surface area contributed by atoms with Crippen LogP contribution in [0.2, 0.25) is 0 Å². The summed E-state index contributed by atoms with van der Waals surface area (Å²) in [6.45, 7) is 6.40. The summed E-state index contributed by atoms with van der Waals surface area (Å²) < 4.78 is 6.13. The van der Waals surface area contributed by atoms with Crippen LogP contribution in [0.25, 0.3) is 55.8 Å². The van der Waals surface area contributed by atoms with Gasteiger partial charge < -0.3 is 4.42 Å². The minimum atomic E-state index is -0.250. The Morgan fingerprint density at radius 3 is 1.91 bits per heavy atom. The average molecular weight is 456 g/mol. The van der Waals surface area contributed by atoms with Gasteiger partial charge in [0, 0.05) is 27.3 Å². The first-order chi connectivity index (χ1) is 17.0. The molecule has 2 heterocycles. The van der Waals surface area contributed by atoms with E-state index < -0.39 is 0 Å². The number of hydrogen-bond donors (Lipinski definition) is 0. The van der Waals surface area contributed by atoms with Gasteiger partial charge in [-0.15, -0.1) is 0 Å². The molecule has 0 aliphatic rings. The molecule has 0 aliphatic heterocycles. The molecule has 0 N–H and O–H groups in total. The van der Waals surface area contributed by atoms with Crippen LogP contribution in [0.4, 0.5) is 0 Å². The number of rotatable bonds is 3. The summed E-state index contributed by atoms with van der Waals surface area (Å²) in [5.74, 6) is 2.08. The second-order valence-electron chi connectivity index (χ2n) is 9.74. The van der Waals surface area contributed by atoms with Crippen molar-refractivity contribution in [2.75, 3.05) is 0 Å². The van der Waals surface area contributed by atoms with E-state index in [-0.39, 0.29) is 5.41 Å². The highest BCUT2D eigenvalue weighted by Gasteiger charge is 2.23. The molecule has 170 valence electrons. The smallest absolute Gasteiger partial charge is 0.164 e. The SMILES string of the molecule is CC(C)(C)c1nc(-c2ccccc2-c2ccccc2)nc(-c2cccc3oc4ccccc4c23)n1. The second-order valence-corrected chi connectivity index (χ2v) is 9.74. The van der Waals surface area contributed by atoms with E-state index in [1.807, 2.05) is 42.5 Å². The lowest BCUT2D eigenvalue weighted by molar-refractivity contribution is 0.543. The molecule has 0 amide bonds. The van der Waals surface area contributed by atoms with Crippen LogP contribution in [0.5, 0.6) is 0 Å². The van der Waals surface area contributed by atoms with Gasteiger partial charge in [-0.2, -0.15) is 0 Å². The number of nitrogens with zero attached hydrogens (tertiary/aromatic N) is 3. The summed E-state index contributed by atoms with van der Waals surface area (Å²) in [6, 6.07) is 32.8. The van der Waals surface area contributed by atoms with Crippen LogP contribution in [-0.2, 0) is 5.41 Å². The van der Waals surface area contributed by atoms with E-state index in [0.717, 1.165) is 50.0 Å². The molecule has 0 radical (unpaired) electrons. The summed E-state index contributed by atoms with van der Waals surface area (Å²) in [5, 5.41) is 2.08. The first-order valence-corrected chi connectivity index (χ1v) is 11.8. The number of para-hydroxylation sites is 1. The number of benzene rings is 4. The molecule has 4 aromatic carbocycles. The largest absolute Gasteiger partial charge is 0.456 e. The average Bonchev–Trinajstić information content (AvgIpc) is 3.27. The number of furan rings is 1. The van der Waals surface area contributed by atoms with Crippen LogP contribution >= 0.6 is 0 Å². The van der Waals surface area contributed by atoms with Crippen LogP contribution < -0.4 is 0 Å². The van der Waals surface area contributed by atoms with Gasteiger partial charge in [0.1, 0.15) is 17.0 Å². The van der Waals surface area contributed by atoms with Gasteiger partial charge in [0.15, 0.2) is 11.6 Å². The molecule has 0 aliphatic carbocycles. The van der Waals surface area contributed by atoms with E-state index in [2.05, 4.69) is 75.4 Å². The van der Waals surface area contributed by atoms with Crippen LogP contribution in [0.1, 0.15) is 26.6 Å². The fraction of sp³-hybridized carbons (Fsp3) is 0.129. The Morgan fingerprint density at radius 1 is 0.543 bits per heavy atom. The molecule has 0 fully saturated rings. The molecule has 0 bridgehead atoms. The van der Waals surface area contributed by atoms with Crippen molar-refractivity contribution >= 4 is 21.9 Å². The predicted octanol–water partition coefficient (Wildman–Crippen LogP) is 8.07. The third kappa shape index (κ3) is 3.77. The minimum absolute atomic E-state index is 0.250. The Hall–Kier alpha value is -4.31. The normalized spacial score (nSPS) is 11.9. The van der Waals surface area contributed by atoms with E-state index in [9.17, 15) is 0 Å². The molecule has 0 atom stereocenters. The fourth-order valence-electron chi connectivity index (χ4n) is 4.46. The molecule has 6 rings (SSSR count). The molecule has 0 unspecified atom stereocenters. The van der Waals surface area contributed by atoms with E-state index in [4.69, 9.17) is 19.4 Å². The highest BCUT2D eigenvalue weighted by atomic mass is 16.3. The third-order valence-electron chi connectivity index (χ3n) is 6.20. The van der Waals surface area contributed by atoms with Crippen molar-refractivity contribution in [3.8, 4) is 33.9 Å². The Morgan fingerprint density at radius 2 is 1.14 bits per heavy atom. The van der Waals surface area contributed by atoms with Crippen molar-refractivity contribution in [3.63, 3.8) is 0 Å². The van der Waals surface area contributed by atoms with E-state index in [0.29, 0.717) is 11.6 Å². The van der Waals surface area contributed by atoms with Crippen molar-refractivity contribution in [2.45, 2.75) is 26.2 Å². The van der Waals surface area contributed by atoms with Gasteiger partial charge in [0.25, 0.3) is 0 Å². The highest BCUT2D eigenvalue weighted by Crippen LogP contribution is 2.37. The molecular weight excluding hydrogens is 430 g/mol. The van der Waals surface area contributed by atoms with Crippen LogP contribution in [0, 0.1) is 0 Å². The zero-order chi connectivity index (χ0) is 24.0. The number of hydrogen-bond acceptors (Lipinski definition) is 4. The summed E-state index contributed by atoms with van der Waals surface area (Å²) >= 11 is 0. The summed E-state index contributed by atoms with van der Waals surface area (Å²) in [6.07, 6.45) is 0. The summed E-state index contributed by atoms with van der Waals surface area (Å²) in [5.41, 5.74) is 5.58. The maximum absolute atomic E-state index is 6.13. The fourth-order valence-corrected chi connectivity index (χ4v) is 4.46. The maximum atomic E-state index is 6.13. The van der Waals surface area contributed by atoms with Gasteiger partial charge in [-0.25, -0.2) is 15.0 Å². The Kier molecular flexibility index (Phi) is 4.96. The molecule has 35 heavy (non-hydrogen) atoms. The zero-order valence-corrected chi connectivity index (χ0v) is 20.0. The van der Waals surface area contributed by atoms with E-state index >= 15 is 0 Å². The van der Waals surface area contributed by atoms with Gasteiger partial charge in [0.2, 0.25) is 0 Å². The molecule has 0 spiro atoms. The van der Waals surface area contributed by atoms with Gasteiger partial charge in [-0.05, 0) is 23.3 Å². The first-order valence-electron chi connectivity index (χ1n) is 11.8. The number of fused-ring (bicyclic) bond motifs is 3. The van der Waals surface area contributed by atoms with Gasteiger partial charge in [0.05, 0.1) is 0 Å². The van der Waals surface area contributed by atoms with E-state index in [1.54, 1.807) is 0 Å². The maximum Gasteiger partial charge on any atom is 0.164 e. The second kappa shape index (κ2) is 8.17. The summed E-state index contributed by atoms with van der Waals surface area (Å²) in [7, 11) is 0. The predicted molar refractivity (Wildman–Crippen MR) is 142 cm³/mol. The lowest BCUT2D eigenvalue weighted by atomic mass is 9.95. The van der Waals surface area contributed by atoms with Crippen molar-refractivity contribution in [1.29, 1.82) is 0 Å². The zero-order valence-electron chi connectivity index (χ0n) is 20.0. The topological polar surface area (TPSA) is 51.8 Å². The quantitative estimate of drug-likeness (QED) is 0.271. The van der Waals surface area contributed by atoms with Crippen molar-refractivity contribution in [3.05, 3.63) is 103 Å². The monoisotopic (exact) mass is 455 g/mol. The lowest BCUT2D eigenvalue weighted by Gasteiger charge is -2.19. The molecule has 4 nitrogen and oxygen atoms in total. The van der Waals surface area contributed by atoms with Gasteiger partial charge in [-0.3, -0.25) is 0 Å².